The van der Waals surface area contributed by atoms with Crippen molar-refractivity contribution in [2.24, 2.45) is 11.8 Å². The van der Waals surface area contributed by atoms with Crippen LogP contribution in [0.3, 0.4) is 0 Å². The maximum absolute atomic E-state index is 13.8. The highest BCUT2D eigenvalue weighted by atomic mass is 16.3. The van der Waals surface area contributed by atoms with E-state index in [0.717, 1.165) is 31.2 Å². The molecule has 1 saturated carbocycles. The lowest BCUT2D eigenvalue weighted by atomic mass is 9.82. The van der Waals surface area contributed by atoms with Crippen molar-refractivity contribution in [2.75, 3.05) is 34.2 Å². The van der Waals surface area contributed by atoms with Crippen molar-refractivity contribution in [3.8, 4) is 24.2 Å². The van der Waals surface area contributed by atoms with Gasteiger partial charge in [0.1, 0.15) is 6.04 Å². The second-order valence-electron chi connectivity index (χ2n) is 12.9. The molecule has 5 atom stereocenters. The van der Waals surface area contributed by atoms with Gasteiger partial charge >= 0.3 is 0 Å². The van der Waals surface area contributed by atoms with Gasteiger partial charge in [0.15, 0.2) is 0 Å². The normalized spacial score (nSPS) is 16.6. The zero-order chi connectivity index (χ0) is 33.9. The Morgan fingerprint density at radius 3 is 2.33 bits per heavy atom. The number of aliphatic hydroxyl groups excluding tert-OH is 2. The molecule has 0 unspecified atom stereocenters. The average Bonchev–Trinajstić information content (AvgIpc) is 3.05. The Labute approximate surface area is 276 Å². The summed E-state index contributed by atoms with van der Waals surface area (Å²) in [6, 6.07) is 7.81. The summed E-state index contributed by atoms with van der Waals surface area (Å²) in [5.74, 6) is 6.85. The molecule has 9 heteroatoms. The lowest BCUT2D eigenvalue weighted by molar-refractivity contribution is -0.136. The van der Waals surface area contributed by atoms with E-state index in [1.54, 1.807) is 18.9 Å². The van der Waals surface area contributed by atoms with Crippen LogP contribution in [0.25, 0.3) is 0 Å². The van der Waals surface area contributed by atoms with Crippen molar-refractivity contribution >= 4 is 17.7 Å². The number of terminal acetylenes is 1. The van der Waals surface area contributed by atoms with Gasteiger partial charge in [-0.15, -0.1) is 24.2 Å². The first-order valence-corrected chi connectivity index (χ1v) is 16.8. The fourth-order valence-electron chi connectivity index (χ4n) is 5.90. The summed E-state index contributed by atoms with van der Waals surface area (Å²) in [7, 11) is 5.61. The Bertz CT molecular complexity index is 1170. The number of aliphatic hydroxyl groups is 2. The zero-order valence-corrected chi connectivity index (χ0v) is 28.3. The Hall–Kier alpha value is -3.37. The van der Waals surface area contributed by atoms with Crippen LogP contribution in [0.4, 0.5) is 0 Å². The molecule has 3 amide bonds. The van der Waals surface area contributed by atoms with Crippen molar-refractivity contribution in [1.82, 2.24) is 20.4 Å². The van der Waals surface area contributed by atoms with Crippen molar-refractivity contribution < 1.29 is 24.6 Å². The van der Waals surface area contributed by atoms with Crippen LogP contribution in [-0.2, 0) is 20.8 Å². The number of carbonyl (C=O) groups excluding carboxylic acids is 3. The number of benzene rings is 1. The van der Waals surface area contributed by atoms with E-state index in [1.165, 1.54) is 6.42 Å². The van der Waals surface area contributed by atoms with Crippen molar-refractivity contribution in [2.45, 2.75) is 108 Å². The number of likely N-dealkylation sites (N-methyl/N-ethyl adjacent to an activating group) is 2. The van der Waals surface area contributed by atoms with E-state index >= 15 is 0 Å². The molecule has 1 aliphatic carbocycles. The minimum atomic E-state index is -1.18. The quantitative estimate of drug-likeness (QED) is 0.137. The Morgan fingerprint density at radius 2 is 1.70 bits per heavy atom. The molecular formula is C37H56N4O5. The van der Waals surface area contributed by atoms with E-state index in [0.29, 0.717) is 51.1 Å². The third-order valence-corrected chi connectivity index (χ3v) is 8.81. The second-order valence-corrected chi connectivity index (χ2v) is 12.9. The highest BCUT2D eigenvalue weighted by Crippen LogP contribution is 2.29. The van der Waals surface area contributed by atoms with Crippen molar-refractivity contribution in [3.05, 3.63) is 35.9 Å². The fourth-order valence-corrected chi connectivity index (χ4v) is 5.90. The van der Waals surface area contributed by atoms with E-state index in [-0.39, 0.29) is 18.7 Å². The molecule has 0 saturated heterocycles. The van der Waals surface area contributed by atoms with E-state index in [4.69, 9.17) is 6.42 Å². The molecule has 2 rings (SSSR count). The van der Waals surface area contributed by atoms with Crippen LogP contribution in [0.15, 0.2) is 30.3 Å². The first-order chi connectivity index (χ1) is 22.0. The third kappa shape index (κ3) is 14.4. The maximum Gasteiger partial charge on any atom is 0.243 e. The minimum Gasteiger partial charge on any atom is -0.390 e. The van der Waals surface area contributed by atoms with Crippen molar-refractivity contribution in [3.63, 3.8) is 0 Å². The monoisotopic (exact) mass is 636 g/mol. The number of hydrogen-bond acceptors (Lipinski definition) is 6. The standard InChI is InChI=1S/C37H56N4O5/c1-6-8-12-22-33(42)35(44)32(26-29-19-15-11-16-20-29)39-37(46)31(21-9-7-2)38-36(45)30(25-28-17-13-10-14-18-28)27-34(43)41(5)24-23-40(3)4/h1,10,13-14,17-18,29-33,35,42,44H,8,11-12,15-16,19-27H2,2-5H3,(H,38,45)(H,39,46)/t30-,31-,32-,33-,35+/m0/s1. The molecule has 46 heavy (non-hydrogen) atoms. The van der Waals surface area contributed by atoms with Crippen LogP contribution in [-0.4, -0.2) is 96.3 Å². The van der Waals surface area contributed by atoms with Gasteiger partial charge in [-0.1, -0.05) is 62.4 Å². The Balaban J connectivity index is 2.25. The van der Waals surface area contributed by atoms with E-state index < -0.39 is 42.0 Å². The lowest BCUT2D eigenvalue weighted by Gasteiger charge is -2.33. The van der Waals surface area contributed by atoms with Crippen LogP contribution >= 0.6 is 0 Å². The molecule has 254 valence electrons. The van der Waals surface area contributed by atoms with Crippen LogP contribution in [0.2, 0.25) is 0 Å². The van der Waals surface area contributed by atoms with Crippen LogP contribution in [0.5, 0.6) is 0 Å². The third-order valence-electron chi connectivity index (χ3n) is 8.81. The van der Waals surface area contributed by atoms with E-state index in [2.05, 4.69) is 28.4 Å². The van der Waals surface area contributed by atoms with Crippen LogP contribution in [0.1, 0.15) is 83.1 Å². The molecule has 0 aromatic heterocycles. The van der Waals surface area contributed by atoms with Gasteiger partial charge < -0.3 is 30.6 Å². The van der Waals surface area contributed by atoms with Gasteiger partial charge in [-0.05, 0) is 58.2 Å². The zero-order valence-electron chi connectivity index (χ0n) is 28.3. The summed E-state index contributed by atoms with van der Waals surface area (Å²) >= 11 is 0. The molecule has 1 aliphatic rings. The summed E-state index contributed by atoms with van der Waals surface area (Å²) in [6.45, 7) is 2.89. The molecule has 0 radical (unpaired) electrons. The molecule has 1 aromatic carbocycles. The lowest BCUT2D eigenvalue weighted by Crippen LogP contribution is -2.56. The summed E-state index contributed by atoms with van der Waals surface area (Å²) in [6.07, 6.45) is 10.8. The van der Waals surface area contributed by atoms with Crippen LogP contribution in [0, 0.1) is 36.0 Å². The number of unbranched alkanes of at least 4 members (excludes halogenated alkanes) is 1. The van der Waals surface area contributed by atoms with Crippen LogP contribution < -0.4 is 10.6 Å². The Morgan fingerprint density at radius 1 is 1.00 bits per heavy atom. The summed E-state index contributed by atoms with van der Waals surface area (Å²) in [5, 5.41) is 27.9. The van der Waals surface area contributed by atoms with Gasteiger partial charge in [-0.25, -0.2) is 0 Å². The first kappa shape index (κ1) is 38.8. The van der Waals surface area contributed by atoms with Gasteiger partial charge in [0.05, 0.1) is 24.2 Å². The van der Waals surface area contributed by atoms with Gasteiger partial charge in [0.25, 0.3) is 0 Å². The largest absolute Gasteiger partial charge is 0.390 e. The Kier molecular flexibility index (Phi) is 18.1. The number of nitrogens with zero attached hydrogens (tertiary/aromatic N) is 2. The van der Waals surface area contributed by atoms with Gasteiger partial charge in [-0.3, -0.25) is 14.4 Å². The highest BCUT2D eigenvalue weighted by Gasteiger charge is 2.34. The van der Waals surface area contributed by atoms with Gasteiger partial charge in [0, 0.05) is 39.4 Å². The number of hydrogen-bond donors (Lipinski definition) is 4. The maximum atomic E-state index is 13.8. The molecule has 9 nitrogen and oxygen atoms in total. The molecule has 0 spiro atoms. The molecular weight excluding hydrogens is 580 g/mol. The smallest absolute Gasteiger partial charge is 0.243 e. The number of carbonyl (C=O) groups is 3. The number of rotatable bonds is 19. The van der Waals surface area contributed by atoms with Gasteiger partial charge in [0.2, 0.25) is 17.7 Å². The van der Waals surface area contributed by atoms with Gasteiger partial charge in [-0.2, -0.15) is 0 Å². The summed E-state index contributed by atoms with van der Waals surface area (Å²) < 4.78 is 0. The number of amides is 3. The topological polar surface area (TPSA) is 122 Å². The molecule has 0 bridgehead atoms. The summed E-state index contributed by atoms with van der Waals surface area (Å²) in [4.78, 5) is 44.4. The molecule has 0 aliphatic heterocycles. The van der Waals surface area contributed by atoms with E-state index in [1.807, 2.05) is 49.3 Å². The summed E-state index contributed by atoms with van der Waals surface area (Å²) in [5.41, 5.74) is 0.912. The number of nitrogens with one attached hydrogen (secondary N) is 2. The predicted octanol–water partition coefficient (Wildman–Crippen LogP) is 3.13. The second kappa shape index (κ2) is 21.4. The SMILES string of the molecule is C#CCCC[C@H](O)[C@H](O)[C@H](CC1CCCCC1)NC(=O)[C@H](CC#CC)NC(=O)[C@H](CC(=O)N(C)CCN(C)C)Cc1ccccc1. The first-order valence-electron chi connectivity index (χ1n) is 16.8. The fraction of sp³-hybridized carbons (Fsp3) is 0.649. The molecule has 1 aromatic rings. The average molecular weight is 637 g/mol. The highest BCUT2D eigenvalue weighted by molar-refractivity contribution is 5.91. The predicted molar refractivity (Wildman–Crippen MR) is 182 cm³/mol. The van der Waals surface area contributed by atoms with Crippen molar-refractivity contribution in [1.29, 1.82) is 0 Å². The molecule has 1 fully saturated rings. The molecule has 4 N–H and O–H groups in total. The minimum absolute atomic E-state index is 0.00861. The van der Waals surface area contributed by atoms with E-state index in [9.17, 15) is 24.6 Å². The molecule has 0 heterocycles.